The van der Waals surface area contributed by atoms with Gasteiger partial charge < -0.3 is 4.74 Å². The van der Waals surface area contributed by atoms with Gasteiger partial charge in [0.2, 0.25) is 10.0 Å². The zero-order valence-corrected chi connectivity index (χ0v) is 12.6. The molecule has 0 radical (unpaired) electrons. The molecular weight excluding hydrogens is 281 g/mol. The summed E-state index contributed by atoms with van der Waals surface area (Å²) in [6.07, 6.45) is 2.42. The largest absolute Gasteiger partial charge is 0.380 e. The van der Waals surface area contributed by atoms with E-state index < -0.39 is 15.8 Å². The van der Waals surface area contributed by atoms with Gasteiger partial charge in [0.25, 0.3) is 0 Å². The lowest BCUT2D eigenvalue weighted by Gasteiger charge is -2.12. The van der Waals surface area contributed by atoms with Crippen LogP contribution in [-0.2, 0) is 14.8 Å². The van der Waals surface area contributed by atoms with E-state index in [-0.39, 0.29) is 11.4 Å². The van der Waals surface area contributed by atoms with Gasteiger partial charge in [-0.15, -0.1) is 0 Å². The molecule has 20 heavy (non-hydrogen) atoms. The highest BCUT2D eigenvalue weighted by atomic mass is 32.2. The van der Waals surface area contributed by atoms with Crippen LogP contribution in [0.4, 0.5) is 4.39 Å². The van der Waals surface area contributed by atoms with Crippen LogP contribution in [0.1, 0.15) is 24.0 Å². The Morgan fingerprint density at radius 3 is 2.45 bits per heavy atom. The molecule has 0 heterocycles. The first kappa shape index (κ1) is 15.4. The van der Waals surface area contributed by atoms with Crippen LogP contribution in [0.3, 0.4) is 0 Å². The number of rotatable bonds is 7. The SMILES string of the molecule is Cc1cc(F)cc(C)c1S(=O)(=O)NCCOCC1CC1. The number of benzene rings is 1. The molecule has 1 saturated carbocycles. The Bertz CT molecular complexity index is 559. The third kappa shape index (κ3) is 4.01. The van der Waals surface area contributed by atoms with Gasteiger partial charge in [-0.2, -0.15) is 0 Å². The first-order valence-corrected chi connectivity index (χ1v) is 8.22. The predicted molar refractivity (Wildman–Crippen MR) is 74.6 cm³/mol. The van der Waals surface area contributed by atoms with E-state index in [4.69, 9.17) is 4.74 Å². The highest BCUT2D eigenvalue weighted by Gasteiger charge is 2.22. The maximum absolute atomic E-state index is 13.2. The number of hydrogen-bond donors (Lipinski definition) is 1. The molecule has 1 aromatic rings. The van der Waals surface area contributed by atoms with Crippen LogP contribution < -0.4 is 4.72 Å². The van der Waals surface area contributed by atoms with Crippen molar-refractivity contribution in [2.75, 3.05) is 19.8 Å². The second-order valence-electron chi connectivity index (χ2n) is 5.28. The quantitative estimate of drug-likeness (QED) is 0.785. The summed E-state index contributed by atoms with van der Waals surface area (Å²) < 4.78 is 45.5. The van der Waals surface area contributed by atoms with E-state index in [1.165, 1.54) is 25.0 Å². The minimum absolute atomic E-state index is 0.154. The van der Waals surface area contributed by atoms with Gasteiger partial charge in [0, 0.05) is 13.2 Å². The van der Waals surface area contributed by atoms with Crippen LogP contribution in [0.25, 0.3) is 0 Å². The Hall–Kier alpha value is -0.980. The summed E-state index contributed by atoms with van der Waals surface area (Å²) in [5, 5.41) is 0. The number of nitrogens with one attached hydrogen (secondary N) is 1. The molecular formula is C14H20FNO3S. The molecule has 0 unspecified atom stereocenters. The van der Waals surface area contributed by atoms with Gasteiger partial charge in [0.05, 0.1) is 11.5 Å². The van der Waals surface area contributed by atoms with Crippen molar-refractivity contribution in [2.24, 2.45) is 5.92 Å². The van der Waals surface area contributed by atoms with E-state index in [1.54, 1.807) is 13.8 Å². The fourth-order valence-corrected chi connectivity index (χ4v) is 3.64. The first-order chi connectivity index (χ1) is 9.40. The van der Waals surface area contributed by atoms with Gasteiger partial charge in [-0.3, -0.25) is 0 Å². The number of aryl methyl sites for hydroxylation is 2. The van der Waals surface area contributed by atoms with E-state index in [1.807, 2.05) is 0 Å². The van der Waals surface area contributed by atoms with Crippen LogP contribution in [0.2, 0.25) is 0 Å². The normalized spacial score (nSPS) is 15.6. The molecule has 0 spiro atoms. The Balaban J connectivity index is 1.95. The van der Waals surface area contributed by atoms with Crippen LogP contribution >= 0.6 is 0 Å². The van der Waals surface area contributed by atoms with Crippen molar-refractivity contribution in [3.63, 3.8) is 0 Å². The lowest BCUT2D eigenvalue weighted by atomic mass is 10.1. The Kier molecular flexibility index (Phi) is 4.78. The van der Waals surface area contributed by atoms with Crippen molar-refractivity contribution in [1.82, 2.24) is 4.72 Å². The third-order valence-electron chi connectivity index (χ3n) is 3.28. The standard InChI is InChI=1S/C14H20FNO3S/c1-10-7-13(15)8-11(2)14(10)20(17,18)16-5-6-19-9-12-3-4-12/h7-8,12,16H,3-6,9H2,1-2H3. The first-order valence-electron chi connectivity index (χ1n) is 6.74. The predicted octanol–water partition coefficient (Wildman–Crippen LogP) is 2.15. The average Bonchev–Trinajstić information content (AvgIpc) is 3.10. The molecule has 4 nitrogen and oxygen atoms in total. The van der Waals surface area contributed by atoms with Crippen molar-refractivity contribution in [1.29, 1.82) is 0 Å². The van der Waals surface area contributed by atoms with E-state index in [0.717, 1.165) is 0 Å². The average molecular weight is 301 g/mol. The molecule has 1 aliphatic carbocycles. The summed E-state index contributed by atoms with van der Waals surface area (Å²) in [4.78, 5) is 0.154. The van der Waals surface area contributed by atoms with Crippen molar-refractivity contribution >= 4 is 10.0 Å². The molecule has 1 aliphatic rings. The summed E-state index contributed by atoms with van der Waals surface area (Å²) in [5.74, 6) is 0.236. The van der Waals surface area contributed by atoms with E-state index >= 15 is 0 Å². The van der Waals surface area contributed by atoms with Crippen LogP contribution in [0.15, 0.2) is 17.0 Å². The van der Waals surface area contributed by atoms with Crippen molar-refractivity contribution < 1.29 is 17.5 Å². The van der Waals surface area contributed by atoms with Gasteiger partial charge in [-0.05, 0) is 55.9 Å². The Morgan fingerprint density at radius 1 is 1.30 bits per heavy atom. The summed E-state index contributed by atoms with van der Waals surface area (Å²) in [6.45, 7) is 4.47. The van der Waals surface area contributed by atoms with E-state index in [2.05, 4.69) is 4.72 Å². The van der Waals surface area contributed by atoms with Gasteiger partial charge in [-0.1, -0.05) is 0 Å². The number of halogens is 1. The minimum Gasteiger partial charge on any atom is -0.380 e. The van der Waals surface area contributed by atoms with Crippen LogP contribution in [-0.4, -0.2) is 28.2 Å². The highest BCUT2D eigenvalue weighted by Crippen LogP contribution is 2.28. The fraction of sp³-hybridized carbons (Fsp3) is 0.571. The van der Waals surface area contributed by atoms with E-state index in [9.17, 15) is 12.8 Å². The zero-order valence-electron chi connectivity index (χ0n) is 11.8. The topological polar surface area (TPSA) is 55.4 Å². The van der Waals surface area contributed by atoms with Gasteiger partial charge in [0.15, 0.2) is 0 Å². The van der Waals surface area contributed by atoms with Gasteiger partial charge >= 0.3 is 0 Å². The maximum atomic E-state index is 13.2. The fourth-order valence-electron chi connectivity index (χ4n) is 2.18. The number of hydrogen-bond acceptors (Lipinski definition) is 3. The Morgan fingerprint density at radius 2 is 1.90 bits per heavy atom. The summed E-state index contributed by atoms with van der Waals surface area (Å²) in [7, 11) is -3.62. The molecule has 0 bridgehead atoms. The molecule has 0 aromatic heterocycles. The van der Waals surface area contributed by atoms with Crippen molar-refractivity contribution in [3.05, 3.63) is 29.1 Å². The lowest BCUT2D eigenvalue weighted by Crippen LogP contribution is -2.29. The minimum atomic E-state index is -3.62. The van der Waals surface area contributed by atoms with Crippen LogP contribution in [0, 0.1) is 25.6 Å². The molecule has 0 amide bonds. The number of sulfonamides is 1. The third-order valence-corrected chi connectivity index (χ3v) is 5.05. The smallest absolute Gasteiger partial charge is 0.241 e. The summed E-state index contributed by atoms with van der Waals surface area (Å²) >= 11 is 0. The molecule has 1 fully saturated rings. The summed E-state index contributed by atoms with van der Waals surface area (Å²) in [5.41, 5.74) is 0.822. The van der Waals surface area contributed by atoms with Gasteiger partial charge in [0.1, 0.15) is 5.82 Å². The molecule has 0 aliphatic heterocycles. The molecule has 0 saturated heterocycles. The van der Waals surface area contributed by atoms with Crippen LogP contribution in [0.5, 0.6) is 0 Å². The zero-order chi connectivity index (χ0) is 14.8. The molecule has 1 N–H and O–H groups in total. The highest BCUT2D eigenvalue weighted by molar-refractivity contribution is 7.89. The number of ether oxygens (including phenoxy) is 1. The molecule has 6 heteroatoms. The second kappa shape index (κ2) is 6.20. The van der Waals surface area contributed by atoms with Gasteiger partial charge in [-0.25, -0.2) is 17.5 Å². The monoisotopic (exact) mass is 301 g/mol. The Labute approximate surface area is 119 Å². The second-order valence-corrected chi connectivity index (χ2v) is 6.99. The molecule has 2 rings (SSSR count). The maximum Gasteiger partial charge on any atom is 0.241 e. The summed E-state index contributed by atoms with van der Waals surface area (Å²) in [6, 6.07) is 2.45. The molecule has 1 aromatic carbocycles. The lowest BCUT2D eigenvalue weighted by molar-refractivity contribution is 0.129. The van der Waals surface area contributed by atoms with Crippen molar-refractivity contribution in [2.45, 2.75) is 31.6 Å². The van der Waals surface area contributed by atoms with Crippen molar-refractivity contribution in [3.8, 4) is 0 Å². The molecule has 112 valence electrons. The molecule has 0 atom stereocenters. The van der Waals surface area contributed by atoms with E-state index in [0.29, 0.717) is 30.3 Å².